The third-order valence-electron chi connectivity index (χ3n) is 2.15. The molecule has 0 heterocycles. The van der Waals surface area contributed by atoms with E-state index < -0.39 is 29.5 Å². The molecule has 0 amide bonds. The van der Waals surface area contributed by atoms with Crippen LogP contribution >= 0.6 is 0 Å². The SMILES string of the molecule is CCC=C(C)C(F)(F)C(F)(F)C(F)(F)C(F)(F)F. The first-order chi connectivity index (χ1) is 7.73. The highest BCUT2D eigenvalue weighted by Gasteiger charge is 2.81. The Balaban J connectivity index is 5.72. The average molecular weight is 288 g/mol. The van der Waals surface area contributed by atoms with Crippen LogP contribution in [0, 0.1) is 0 Å². The number of hydrogen-bond acceptors (Lipinski definition) is 0. The molecule has 0 saturated carbocycles. The molecule has 0 N–H and O–H groups in total. The van der Waals surface area contributed by atoms with Gasteiger partial charge in [-0.3, -0.25) is 0 Å². The van der Waals surface area contributed by atoms with Gasteiger partial charge in [-0.25, -0.2) is 0 Å². The van der Waals surface area contributed by atoms with E-state index in [4.69, 9.17) is 0 Å². The normalized spacial score (nSPS) is 16.1. The first kappa shape index (κ1) is 17.1. The Morgan fingerprint density at radius 1 is 0.833 bits per heavy atom. The van der Waals surface area contributed by atoms with Crippen LogP contribution in [-0.4, -0.2) is 23.9 Å². The second-order valence-electron chi connectivity index (χ2n) is 3.52. The molecule has 0 aromatic heterocycles. The summed E-state index contributed by atoms with van der Waals surface area (Å²) < 4.78 is 112. The molecule has 0 unspecified atom stereocenters. The van der Waals surface area contributed by atoms with Crippen molar-refractivity contribution < 1.29 is 39.5 Å². The zero-order valence-corrected chi connectivity index (χ0v) is 9.19. The Labute approximate surface area is 96.5 Å². The summed E-state index contributed by atoms with van der Waals surface area (Å²) in [5.41, 5.74) is -1.54. The topological polar surface area (TPSA) is 0 Å². The number of allylic oxidation sites excluding steroid dienone is 2. The summed E-state index contributed by atoms with van der Waals surface area (Å²) in [7, 11) is 0. The summed E-state index contributed by atoms with van der Waals surface area (Å²) in [6.07, 6.45) is -6.53. The Hall–Kier alpha value is -0.890. The molecule has 0 aromatic carbocycles. The quantitative estimate of drug-likeness (QED) is 0.514. The minimum Gasteiger partial charge on any atom is -0.194 e. The lowest BCUT2D eigenvalue weighted by Gasteiger charge is -2.34. The molecule has 0 atom stereocenters. The Morgan fingerprint density at radius 3 is 1.50 bits per heavy atom. The second-order valence-corrected chi connectivity index (χ2v) is 3.52. The van der Waals surface area contributed by atoms with Gasteiger partial charge in [0.15, 0.2) is 0 Å². The standard InChI is InChI=1S/C9H9F9/c1-3-4-5(2)6(10,11)7(12,13)8(14,15)9(16,17)18/h4H,3H2,1-2H3. The first-order valence-electron chi connectivity index (χ1n) is 4.60. The highest BCUT2D eigenvalue weighted by molar-refractivity contribution is 5.18. The molecule has 108 valence electrons. The third-order valence-corrected chi connectivity index (χ3v) is 2.15. The fraction of sp³-hybridized carbons (Fsp3) is 0.778. The maximum atomic E-state index is 13.0. The van der Waals surface area contributed by atoms with Gasteiger partial charge in [0.2, 0.25) is 0 Å². The molecule has 0 saturated heterocycles. The van der Waals surface area contributed by atoms with Gasteiger partial charge in [0, 0.05) is 0 Å². The fourth-order valence-corrected chi connectivity index (χ4v) is 1.06. The van der Waals surface area contributed by atoms with Crippen molar-refractivity contribution in [3.63, 3.8) is 0 Å². The van der Waals surface area contributed by atoms with E-state index in [-0.39, 0.29) is 6.42 Å². The van der Waals surface area contributed by atoms with Gasteiger partial charge in [-0.05, 0) is 18.9 Å². The van der Waals surface area contributed by atoms with E-state index in [9.17, 15) is 39.5 Å². The molecule has 0 radical (unpaired) electrons. The van der Waals surface area contributed by atoms with Crippen molar-refractivity contribution >= 4 is 0 Å². The number of rotatable bonds is 4. The maximum Gasteiger partial charge on any atom is 0.460 e. The number of alkyl halides is 9. The molecule has 0 aliphatic carbocycles. The molecular weight excluding hydrogens is 279 g/mol. The number of hydrogen-bond donors (Lipinski definition) is 0. The van der Waals surface area contributed by atoms with Crippen LogP contribution in [0.1, 0.15) is 20.3 Å². The monoisotopic (exact) mass is 288 g/mol. The van der Waals surface area contributed by atoms with Crippen LogP contribution in [0.3, 0.4) is 0 Å². The Morgan fingerprint density at radius 2 is 1.22 bits per heavy atom. The van der Waals surface area contributed by atoms with E-state index in [0.717, 1.165) is 0 Å². The van der Waals surface area contributed by atoms with Gasteiger partial charge < -0.3 is 0 Å². The zero-order chi connectivity index (χ0) is 15.0. The van der Waals surface area contributed by atoms with Crippen molar-refractivity contribution in [2.45, 2.75) is 44.2 Å². The number of halogens is 9. The van der Waals surface area contributed by atoms with E-state index >= 15 is 0 Å². The summed E-state index contributed by atoms with van der Waals surface area (Å²) in [5, 5.41) is 0. The van der Waals surface area contributed by atoms with Crippen molar-refractivity contribution in [2.75, 3.05) is 0 Å². The highest BCUT2D eigenvalue weighted by Crippen LogP contribution is 2.54. The smallest absolute Gasteiger partial charge is 0.194 e. The lowest BCUT2D eigenvalue weighted by atomic mass is 9.97. The lowest BCUT2D eigenvalue weighted by Crippen LogP contribution is -2.61. The lowest BCUT2D eigenvalue weighted by molar-refractivity contribution is -0.389. The van der Waals surface area contributed by atoms with E-state index in [1.807, 2.05) is 0 Å². The average Bonchev–Trinajstić information content (AvgIpc) is 2.15. The molecule has 0 fully saturated rings. The van der Waals surface area contributed by atoms with Gasteiger partial charge in [0.25, 0.3) is 0 Å². The molecular formula is C9H9F9. The van der Waals surface area contributed by atoms with Crippen LogP contribution < -0.4 is 0 Å². The van der Waals surface area contributed by atoms with Crippen molar-refractivity contribution in [3.8, 4) is 0 Å². The summed E-state index contributed by atoms with van der Waals surface area (Å²) >= 11 is 0. The van der Waals surface area contributed by atoms with Crippen LogP contribution in [0.25, 0.3) is 0 Å². The largest absolute Gasteiger partial charge is 0.460 e. The van der Waals surface area contributed by atoms with Gasteiger partial charge in [-0.2, -0.15) is 39.5 Å². The molecule has 0 aromatic rings. The van der Waals surface area contributed by atoms with Gasteiger partial charge in [-0.1, -0.05) is 13.0 Å². The molecule has 0 rings (SSSR count). The van der Waals surface area contributed by atoms with Crippen LogP contribution in [0.5, 0.6) is 0 Å². The molecule has 18 heavy (non-hydrogen) atoms. The van der Waals surface area contributed by atoms with Crippen LogP contribution in [0.15, 0.2) is 11.6 Å². The van der Waals surface area contributed by atoms with Crippen molar-refractivity contribution in [2.24, 2.45) is 0 Å². The summed E-state index contributed by atoms with van der Waals surface area (Å²) in [6.45, 7) is 1.60. The van der Waals surface area contributed by atoms with Gasteiger partial charge >= 0.3 is 23.9 Å². The second kappa shape index (κ2) is 4.65. The fourth-order valence-electron chi connectivity index (χ4n) is 1.06. The molecule has 9 heteroatoms. The molecule has 0 aliphatic rings. The van der Waals surface area contributed by atoms with E-state index in [0.29, 0.717) is 13.0 Å². The van der Waals surface area contributed by atoms with E-state index in [1.165, 1.54) is 6.92 Å². The van der Waals surface area contributed by atoms with E-state index in [1.54, 1.807) is 0 Å². The summed E-state index contributed by atoms with van der Waals surface area (Å²) in [6, 6.07) is 0. The highest BCUT2D eigenvalue weighted by atomic mass is 19.4. The maximum absolute atomic E-state index is 13.0. The molecule has 0 bridgehead atoms. The third kappa shape index (κ3) is 2.44. The Bertz CT molecular complexity index is 323. The van der Waals surface area contributed by atoms with Crippen molar-refractivity contribution in [1.29, 1.82) is 0 Å². The van der Waals surface area contributed by atoms with Gasteiger partial charge in [0.05, 0.1) is 0 Å². The zero-order valence-electron chi connectivity index (χ0n) is 9.19. The van der Waals surface area contributed by atoms with Gasteiger partial charge in [-0.15, -0.1) is 0 Å². The van der Waals surface area contributed by atoms with E-state index in [2.05, 4.69) is 0 Å². The Kier molecular flexibility index (Phi) is 4.42. The van der Waals surface area contributed by atoms with Crippen LogP contribution in [-0.2, 0) is 0 Å². The summed E-state index contributed by atoms with van der Waals surface area (Å²) in [5.74, 6) is -19.0. The van der Waals surface area contributed by atoms with Crippen LogP contribution in [0.2, 0.25) is 0 Å². The van der Waals surface area contributed by atoms with Crippen LogP contribution in [0.4, 0.5) is 39.5 Å². The van der Waals surface area contributed by atoms with Crippen molar-refractivity contribution in [1.82, 2.24) is 0 Å². The first-order valence-corrected chi connectivity index (χ1v) is 4.60. The predicted molar refractivity (Wildman–Crippen MR) is 44.9 cm³/mol. The molecule has 0 spiro atoms. The molecule has 0 aliphatic heterocycles. The van der Waals surface area contributed by atoms with Gasteiger partial charge in [0.1, 0.15) is 0 Å². The minimum absolute atomic E-state index is 0.213. The predicted octanol–water partition coefficient (Wildman–Crippen LogP) is 4.81. The minimum atomic E-state index is -6.83. The summed E-state index contributed by atoms with van der Waals surface area (Å²) in [4.78, 5) is 0. The molecule has 0 nitrogen and oxygen atoms in total. The van der Waals surface area contributed by atoms with Crippen molar-refractivity contribution in [3.05, 3.63) is 11.6 Å².